The molecule has 4 nitrogen and oxygen atoms in total. The number of piperidine rings is 1. The van der Waals surface area contributed by atoms with Crippen LogP contribution in [0.1, 0.15) is 23.2 Å². The van der Waals surface area contributed by atoms with Gasteiger partial charge in [-0.2, -0.15) is 11.3 Å². The molecule has 1 spiro atoms. The maximum Gasteiger partial charge on any atom is 0.254 e. The minimum atomic E-state index is -0.224. The Morgan fingerprint density at radius 2 is 2.12 bits per heavy atom. The molecule has 132 valence electrons. The van der Waals surface area contributed by atoms with E-state index in [2.05, 4.69) is 4.90 Å². The van der Waals surface area contributed by atoms with Gasteiger partial charge in [0.05, 0.1) is 17.2 Å². The molecule has 2 aromatic rings. The van der Waals surface area contributed by atoms with Crippen molar-refractivity contribution in [2.45, 2.75) is 24.5 Å². The summed E-state index contributed by atoms with van der Waals surface area (Å²) in [7, 11) is 1.73. The zero-order chi connectivity index (χ0) is 17.4. The first-order valence-electron chi connectivity index (χ1n) is 8.51. The second-order valence-electron chi connectivity index (χ2n) is 6.72. The number of anilines is 1. The number of carbonyl (C=O) groups is 1. The highest BCUT2D eigenvalue weighted by atomic mass is 32.1. The second kappa shape index (κ2) is 6.42. The van der Waals surface area contributed by atoms with Crippen LogP contribution in [0.2, 0.25) is 0 Å². The summed E-state index contributed by atoms with van der Waals surface area (Å²) in [4.78, 5) is 16.7. The standard InChI is InChI=1S/C19H21FN2O2S/c1-24-17-12-22(16-4-2-3-15(20)11-16)19(17)6-8-21(9-7-19)18(23)14-5-10-25-13-14/h2-5,10-11,13,17H,6-9,12H2,1H3. The lowest BCUT2D eigenvalue weighted by atomic mass is 9.73. The minimum absolute atomic E-state index is 0.0988. The molecule has 0 aliphatic carbocycles. The minimum Gasteiger partial charge on any atom is -0.377 e. The summed E-state index contributed by atoms with van der Waals surface area (Å²) >= 11 is 1.54. The van der Waals surface area contributed by atoms with Crippen molar-refractivity contribution in [1.82, 2.24) is 4.90 Å². The molecule has 0 N–H and O–H groups in total. The molecule has 2 saturated heterocycles. The van der Waals surface area contributed by atoms with E-state index in [4.69, 9.17) is 4.74 Å². The Bertz CT molecular complexity index is 757. The Morgan fingerprint density at radius 3 is 2.76 bits per heavy atom. The zero-order valence-corrected chi connectivity index (χ0v) is 15.0. The van der Waals surface area contributed by atoms with Crippen LogP contribution in [0, 0.1) is 5.82 Å². The first-order chi connectivity index (χ1) is 12.1. The highest BCUT2D eigenvalue weighted by Crippen LogP contribution is 2.44. The lowest BCUT2D eigenvalue weighted by Gasteiger charge is -2.61. The zero-order valence-electron chi connectivity index (χ0n) is 14.2. The Morgan fingerprint density at radius 1 is 1.32 bits per heavy atom. The number of benzene rings is 1. The third-order valence-corrected chi connectivity index (χ3v) is 6.26. The van der Waals surface area contributed by atoms with Crippen LogP contribution in [-0.4, -0.2) is 49.2 Å². The number of thiophene rings is 1. The van der Waals surface area contributed by atoms with Crippen LogP contribution in [-0.2, 0) is 4.74 Å². The number of hydrogen-bond donors (Lipinski definition) is 0. The topological polar surface area (TPSA) is 32.8 Å². The van der Waals surface area contributed by atoms with Crippen LogP contribution in [0.4, 0.5) is 10.1 Å². The normalized spacial score (nSPS) is 22.1. The molecule has 4 rings (SSSR count). The van der Waals surface area contributed by atoms with E-state index in [1.165, 1.54) is 17.4 Å². The molecule has 2 fully saturated rings. The Kier molecular flexibility index (Phi) is 4.25. The molecule has 1 aromatic heterocycles. The summed E-state index contributed by atoms with van der Waals surface area (Å²) in [6.07, 6.45) is 1.78. The molecule has 0 saturated carbocycles. The predicted molar refractivity (Wildman–Crippen MR) is 96.7 cm³/mol. The molecular weight excluding hydrogens is 339 g/mol. The van der Waals surface area contributed by atoms with E-state index < -0.39 is 0 Å². The monoisotopic (exact) mass is 360 g/mol. The van der Waals surface area contributed by atoms with Gasteiger partial charge >= 0.3 is 0 Å². The average molecular weight is 360 g/mol. The Balaban J connectivity index is 1.51. The van der Waals surface area contributed by atoms with Gasteiger partial charge in [0.1, 0.15) is 5.82 Å². The maximum atomic E-state index is 13.6. The van der Waals surface area contributed by atoms with Crippen molar-refractivity contribution in [3.63, 3.8) is 0 Å². The van der Waals surface area contributed by atoms with Gasteiger partial charge in [0.25, 0.3) is 5.91 Å². The van der Waals surface area contributed by atoms with Gasteiger partial charge in [-0.05, 0) is 42.5 Å². The number of nitrogens with zero attached hydrogens (tertiary/aromatic N) is 2. The highest BCUT2D eigenvalue weighted by molar-refractivity contribution is 7.08. The van der Waals surface area contributed by atoms with E-state index in [0.717, 1.165) is 30.6 Å². The number of rotatable bonds is 3. The number of halogens is 1. The third-order valence-electron chi connectivity index (χ3n) is 5.57. The summed E-state index contributed by atoms with van der Waals surface area (Å²) in [6.45, 7) is 2.15. The average Bonchev–Trinajstić information content (AvgIpc) is 3.15. The van der Waals surface area contributed by atoms with Gasteiger partial charge in [-0.3, -0.25) is 4.79 Å². The Labute approximate surface area is 150 Å². The highest BCUT2D eigenvalue weighted by Gasteiger charge is 2.55. The van der Waals surface area contributed by atoms with Crippen LogP contribution in [0.15, 0.2) is 41.1 Å². The number of hydrogen-bond acceptors (Lipinski definition) is 4. The van der Waals surface area contributed by atoms with Crippen molar-refractivity contribution in [1.29, 1.82) is 0 Å². The van der Waals surface area contributed by atoms with Gasteiger partial charge in [0, 0.05) is 37.8 Å². The van der Waals surface area contributed by atoms with Crippen LogP contribution < -0.4 is 4.90 Å². The van der Waals surface area contributed by atoms with Crippen LogP contribution >= 0.6 is 11.3 Å². The smallest absolute Gasteiger partial charge is 0.254 e. The van der Waals surface area contributed by atoms with Crippen molar-refractivity contribution < 1.29 is 13.9 Å². The number of amides is 1. The second-order valence-corrected chi connectivity index (χ2v) is 7.50. The summed E-state index contributed by atoms with van der Waals surface area (Å²) in [5.41, 5.74) is 1.51. The molecule has 1 unspecified atom stereocenters. The molecule has 1 amide bonds. The fourth-order valence-corrected chi connectivity index (χ4v) is 4.77. The molecule has 0 bridgehead atoms. The fraction of sp³-hybridized carbons (Fsp3) is 0.421. The first-order valence-corrected chi connectivity index (χ1v) is 9.46. The van der Waals surface area contributed by atoms with Crippen molar-refractivity contribution in [3.8, 4) is 0 Å². The SMILES string of the molecule is COC1CN(c2cccc(F)c2)C12CCN(C(=O)c1ccsc1)CC2. The van der Waals surface area contributed by atoms with Gasteiger partial charge in [-0.15, -0.1) is 0 Å². The van der Waals surface area contributed by atoms with Crippen LogP contribution in [0.25, 0.3) is 0 Å². The molecular formula is C19H21FN2O2S. The van der Waals surface area contributed by atoms with Gasteiger partial charge in [-0.1, -0.05) is 6.07 Å². The molecule has 0 radical (unpaired) electrons. The summed E-state index contributed by atoms with van der Waals surface area (Å²) < 4.78 is 19.3. The lowest BCUT2D eigenvalue weighted by molar-refractivity contribution is -0.0433. The van der Waals surface area contributed by atoms with Gasteiger partial charge in [-0.25, -0.2) is 4.39 Å². The van der Waals surface area contributed by atoms with E-state index in [1.807, 2.05) is 27.8 Å². The van der Waals surface area contributed by atoms with Crippen molar-refractivity contribution in [2.75, 3.05) is 31.6 Å². The molecule has 3 heterocycles. The third kappa shape index (κ3) is 2.73. The number of carbonyl (C=O) groups excluding carboxylic acids is 1. The number of likely N-dealkylation sites (tertiary alicyclic amines) is 1. The number of ether oxygens (including phenoxy) is 1. The quantitative estimate of drug-likeness (QED) is 0.841. The van der Waals surface area contributed by atoms with Crippen molar-refractivity contribution in [2.24, 2.45) is 0 Å². The fourth-order valence-electron chi connectivity index (χ4n) is 4.14. The molecule has 2 aliphatic heterocycles. The van der Waals surface area contributed by atoms with Gasteiger partial charge < -0.3 is 14.5 Å². The van der Waals surface area contributed by atoms with E-state index in [-0.39, 0.29) is 23.4 Å². The lowest BCUT2D eigenvalue weighted by Crippen LogP contribution is -2.74. The van der Waals surface area contributed by atoms with Gasteiger partial charge in [0.2, 0.25) is 0 Å². The maximum absolute atomic E-state index is 13.6. The van der Waals surface area contributed by atoms with E-state index in [1.54, 1.807) is 19.2 Å². The van der Waals surface area contributed by atoms with Crippen LogP contribution in [0.3, 0.4) is 0 Å². The first kappa shape index (κ1) is 16.5. The van der Waals surface area contributed by atoms with Crippen molar-refractivity contribution >= 4 is 22.9 Å². The number of methoxy groups -OCH3 is 1. The molecule has 6 heteroatoms. The van der Waals surface area contributed by atoms with E-state index in [9.17, 15) is 9.18 Å². The van der Waals surface area contributed by atoms with E-state index >= 15 is 0 Å². The molecule has 1 aromatic carbocycles. The van der Waals surface area contributed by atoms with Crippen molar-refractivity contribution in [3.05, 3.63) is 52.5 Å². The Hall–Kier alpha value is -1.92. The molecule has 1 atom stereocenters. The summed E-state index contributed by atoms with van der Waals surface area (Å²) in [5.74, 6) is -0.125. The summed E-state index contributed by atoms with van der Waals surface area (Å²) in [5, 5.41) is 3.82. The van der Waals surface area contributed by atoms with E-state index in [0.29, 0.717) is 13.1 Å². The van der Waals surface area contributed by atoms with Crippen LogP contribution in [0.5, 0.6) is 0 Å². The predicted octanol–water partition coefficient (Wildman–Crippen LogP) is 3.40. The molecule has 25 heavy (non-hydrogen) atoms. The van der Waals surface area contributed by atoms with Gasteiger partial charge in [0.15, 0.2) is 0 Å². The largest absolute Gasteiger partial charge is 0.377 e. The molecule has 2 aliphatic rings. The summed E-state index contributed by atoms with van der Waals surface area (Å²) in [6, 6.07) is 8.60.